The summed E-state index contributed by atoms with van der Waals surface area (Å²) >= 11 is 0. The van der Waals surface area contributed by atoms with Crippen LogP contribution in [-0.4, -0.2) is 59.8 Å². The maximum atomic E-state index is 12.6. The van der Waals surface area contributed by atoms with Crippen molar-refractivity contribution in [2.75, 3.05) is 19.8 Å². The Hall–Kier alpha value is -2.48. The van der Waals surface area contributed by atoms with Crippen LogP contribution in [0, 0.1) is 22.7 Å². The van der Waals surface area contributed by atoms with E-state index in [1.165, 1.54) is 6.08 Å². The van der Waals surface area contributed by atoms with Crippen LogP contribution in [0.1, 0.15) is 51.5 Å². The second-order valence-corrected chi connectivity index (χ2v) is 11.4. The van der Waals surface area contributed by atoms with Crippen LogP contribution >= 0.6 is 0 Å². The van der Waals surface area contributed by atoms with E-state index in [9.17, 15) is 19.8 Å². The maximum absolute atomic E-state index is 12.6. The molecule has 7 heteroatoms. The van der Waals surface area contributed by atoms with Crippen LogP contribution in [0.2, 0.25) is 0 Å². The quantitative estimate of drug-likeness (QED) is 0.353. The first kappa shape index (κ1) is 25.2. The SMILES string of the molecule is C[C@]1(CO)C2CC[C@@]3(CO3)[C@@H](C/C=C3/C(=O)OC[C@H]3OC(=O)/C=C/c3ccccc3)[C@@]2(C)CC[C@H]1O. The highest BCUT2D eigenvalue weighted by atomic mass is 16.6. The molecule has 5 rings (SSSR count). The van der Waals surface area contributed by atoms with Crippen molar-refractivity contribution in [1.29, 1.82) is 0 Å². The van der Waals surface area contributed by atoms with Crippen LogP contribution in [0.5, 0.6) is 0 Å². The molecule has 1 unspecified atom stereocenters. The zero-order valence-corrected chi connectivity index (χ0v) is 21.0. The number of epoxide rings is 1. The van der Waals surface area contributed by atoms with Crippen LogP contribution in [0.15, 0.2) is 48.1 Å². The Morgan fingerprint density at radius 2 is 1.94 bits per heavy atom. The molecule has 1 spiro atoms. The summed E-state index contributed by atoms with van der Waals surface area (Å²) in [5, 5.41) is 21.0. The summed E-state index contributed by atoms with van der Waals surface area (Å²) in [4.78, 5) is 25.0. The summed E-state index contributed by atoms with van der Waals surface area (Å²) in [5.74, 6) is -0.719. The first-order valence-electron chi connectivity index (χ1n) is 13.0. The molecule has 36 heavy (non-hydrogen) atoms. The summed E-state index contributed by atoms with van der Waals surface area (Å²) in [6, 6.07) is 9.45. The van der Waals surface area contributed by atoms with Gasteiger partial charge in [-0.15, -0.1) is 0 Å². The second-order valence-electron chi connectivity index (χ2n) is 11.4. The van der Waals surface area contributed by atoms with Gasteiger partial charge in [-0.2, -0.15) is 0 Å². The predicted octanol–water partition coefficient (Wildman–Crippen LogP) is 3.44. The molecule has 1 aromatic carbocycles. The number of hydrogen-bond donors (Lipinski definition) is 2. The van der Waals surface area contributed by atoms with Crippen molar-refractivity contribution in [3.8, 4) is 0 Å². The van der Waals surface area contributed by atoms with Gasteiger partial charge in [-0.05, 0) is 61.0 Å². The van der Waals surface area contributed by atoms with Crippen molar-refractivity contribution < 1.29 is 34.0 Å². The number of ether oxygens (including phenoxy) is 3. The van der Waals surface area contributed by atoms with E-state index in [4.69, 9.17) is 14.2 Å². The fraction of sp³-hybridized carbons (Fsp3) is 0.586. The lowest BCUT2D eigenvalue weighted by molar-refractivity contribution is -0.175. The number of aliphatic hydroxyl groups excluding tert-OH is 2. The van der Waals surface area contributed by atoms with E-state index in [-0.39, 0.29) is 36.1 Å². The lowest BCUT2D eigenvalue weighted by Crippen LogP contribution is -2.60. The van der Waals surface area contributed by atoms with Crippen LogP contribution in [-0.2, 0) is 23.8 Å². The van der Waals surface area contributed by atoms with Gasteiger partial charge >= 0.3 is 11.9 Å². The van der Waals surface area contributed by atoms with E-state index < -0.39 is 29.6 Å². The molecule has 0 aromatic heterocycles. The van der Waals surface area contributed by atoms with Gasteiger partial charge in [0.15, 0.2) is 6.10 Å². The number of rotatable bonds is 6. The molecule has 4 fully saturated rings. The molecule has 2 N–H and O–H groups in total. The van der Waals surface area contributed by atoms with Crippen molar-refractivity contribution in [3.63, 3.8) is 0 Å². The minimum atomic E-state index is -0.746. The third-order valence-corrected chi connectivity index (χ3v) is 9.44. The molecule has 0 bridgehead atoms. The fourth-order valence-corrected chi connectivity index (χ4v) is 7.24. The molecule has 7 nitrogen and oxygen atoms in total. The number of fused-ring (bicyclic) bond motifs is 1. The van der Waals surface area contributed by atoms with Gasteiger partial charge in [0.05, 0.1) is 30.5 Å². The smallest absolute Gasteiger partial charge is 0.337 e. The molecule has 1 aromatic rings. The lowest BCUT2D eigenvalue weighted by Gasteiger charge is -2.60. The minimum absolute atomic E-state index is 0.0105. The van der Waals surface area contributed by atoms with E-state index in [2.05, 4.69) is 6.92 Å². The lowest BCUT2D eigenvalue weighted by atomic mass is 9.45. The summed E-state index contributed by atoms with van der Waals surface area (Å²) in [5.41, 5.74) is 0.304. The topological polar surface area (TPSA) is 106 Å². The van der Waals surface area contributed by atoms with E-state index in [0.29, 0.717) is 25.0 Å². The highest BCUT2D eigenvalue weighted by Gasteiger charge is 2.66. The third-order valence-electron chi connectivity index (χ3n) is 9.44. The van der Waals surface area contributed by atoms with Gasteiger partial charge < -0.3 is 24.4 Å². The van der Waals surface area contributed by atoms with Gasteiger partial charge in [0, 0.05) is 11.5 Å². The Balaban J connectivity index is 1.34. The zero-order valence-electron chi connectivity index (χ0n) is 21.0. The number of hydrogen-bond acceptors (Lipinski definition) is 7. The number of esters is 2. The number of carbonyl (C=O) groups excluding carboxylic acids is 2. The van der Waals surface area contributed by atoms with Gasteiger partial charge in [0.2, 0.25) is 0 Å². The van der Waals surface area contributed by atoms with Crippen molar-refractivity contribution in [2.24, 2.45) is 22.7 Å². The Bertz CT molecular complexity index is 1060. The fourth-order valence-electron chi connectivity index (χ4n) is 7.24. The first-order chi connectivity index (χ1) is 17.2. The van der Waals surface area contributed by atoms with E-state index >= 15 is 0 Å². The molecule has 2 heterocycles. The van der Waals surface area contributed by atoms with Crippen LogP contribution in [0.3, 0.4) is 0 Å². The third kappa shape index (κ3) is 4.31. The molecule has 2 aliphatic heterocycles. The Labute approximate surface area is 212 Å². The molecule has 2 aliphatic carbocycles. The largest absolute Gasteiger partial charge is 0.458 e. The van der Waals surface area contributed by atoms with Gasteiger partial charge in [-0.1, -0.05) is 50.3 Å². The average Bonchev–Trinajstić information content (AvgIpc) is 3.57. The number of cyclic esters (lactones) is 1. The molecular weight excluding hydrogens is 460 g/mol. The Kier molecular flexibility index (Phi) is 6.60. The standard InChI is InChI=1S/C29H36O7/c1-27-14-13-24(31)28(2,17-30)22(27)12-15-29(18-35-29)23(27)10-9-20-21(16-34-26(20)33)36-25(32)11-8-19-6-4-3-5-7-19/h3-9,11,21-24,30-31H,10,12-18H2,1-2H3/b11-8+,20-9+/t21-,22?,23+,24-,27+,28+,29-/m1/s1. The zero-order chi connectivity index (χ0) is 25.6. The molecule has 0 amide bonds. The van der Waals surface area contributed by atoms with E-state index in [1.54, 1.807) is 6.08 Å². The highest BCUT2D eigenvalue weighted by Crippen LogP contribution is 2.66. The molecule has 2 saturated heterocycles. The van der Waals surface area contributed by atoms with Crippen LogP contribution in [0.4, 0.5) is 0 Å². The number of aliphatic hydroxyl groups is 2. The second kappa shape index (κ2) is 9.43. The van der Waals surface area contributed by atoms with Crippen molar-refractivity contribution in [1.82, 2.24) is 0 Å². The number of allylic oxidation sites excluding steroid dienone is 1. The molecule has 2 saturated carbocycles. The van der Waals surface area contributed by atoms with Gasteiger partial charge in [0.25, 0.3) is 0 Å². The molecular formula is C29H36O7. The van der Waals surface area contributed by atoms with Crippen molar-refractivity contribution in [3.05, 3.63) is 53.6 Å². The van der Waals surface area contributed by atoms with Crippen molar-refractivity contribution in [2.45, 2.75) is 63.8 Å². The number of benzene rings is 1. The van der Waals surface area contributed by atoms with Crippen LogP contribution < -0.4 is 0 Å². The van der Waals surface area contributed by atoms with E-state index in [1.807, 2.05) is 43.3 Å². The van der Waals surface area contributed by atoms with Gasteiger partial charge in [0.1, 0.15) is 6.61 Å². The monoisotopic (exact) mass is 496 g/mol. The molecule has 4 aliphatic rings. The average molecular weight is 497 g/mol. The molecule has 0 radical (unpaired) electrons. The normalized spacial score (nSPS) is 40.9. The maximum Gasteiger partial charge on any atom is 0.337 e. The van der Waals surface area contributed by atoms with Gasteiger partial charge in [-0.3, -0.25) is 0 Å². The van der Waals surface area contributed by atoms with Crippen LogP contribution in [0.25, 0.3) is 6.08 Å². The minimum Gasteiger partial charge on any atom is -0.458 e. The summed E-state index contributed by atoms with van der Waals surface area (Å²) < 4.78 is 16.9. The Morgan fingerprint density at radius 3 is 2.64 bits per heavy atom. The summed E-state index contributed by atoms with van der Waals surface area (Å²) in [6.07, 6.45) is 7.44. The number of carbonyl (C=O) groups is 2. The first-order valence-corrected chi connectivity index (χ1v) is 13.0. The van der Waals surface area contributed by atoms with Crippen molar-refractivity contribution >= 4 is 18.0 Å². The highest BCUT2D eigenvalue weighted by molar-refractivity contribution is 5.93. The van der Waals surface area contributed by atoms with Gasteiger partial charge in [-0.25, -0.2) is 9.59 Å². The Morgan fingerprint density at radius 1 is 1.19 bits per heavy atom. The van der Waals surface area contributed by atoms with E-state index in [0.717, 1.165) is 24.8 Å². The molecule has 194 valence electrons. The summed E-state index contributed by atoms with van der Waals surface area (Å²) in [7, 11) is 0. The molecule has 7 atom stereocenters. The summed E-state index contributed by atoms with van der Waals surface area (Å²) in [6.45, 7) is 4.89. The predicted molar refractivity (Wildman–Crippen MR) is 132 cm³/mol.